The standard InChI is InChI=1S/C10H17NO/c11-9-2-7-1-8(3-9)5-10(12,4-7)6-9/h7-8,12H,1-6,11H2/p+1/t7-,8+,9?,10?. The number of aliphatic hydroxyl groups is 1. The largest absolute Gasteiger partial charge is 0.390 e. The van der Waals surface area contributed by atoms with Crippen LogP contribution in [0.5, 0.6) is 0 Å². The van der Waals surface area contributed by atoms with Gasteiger partial charge in [0.15, 0.2) is 0 Å². The Hall–Kier alpha value is -0.0800. The fourth-order valence-corrected chi connectivity index (χ4v) is 4.40. The van der Waals surface area contributed by atoms with Crippen molar-refractivity contribution in [1.82, 2.24) is 0 Å². The summed E-state index contributed by atoms with van der Waals surface area (Å²) in [7, 11) is 0. The summed E-state index contributed by atoms with van der Waals surface area (Å²) in [4.78, 5) is 0. The molecule has 4 bridgehead atoms. The fraction of sp³-hybridized carbons (Fsp3) is 1.00. The molecule has 4 rings (SSSR count). The van der Waals surface area contributed by atoms with Crippen LogP contribution in [-0.4, -0.2) is 16.2 Å². The van der Waals surface area contributed by atoms with Crippen LogP contribution in [0.15, 0.2) is 0 Å². The Bertz CT molecular complexity index is 192. The second-order valence-corrected chi connectivity index (χ2v) is 5.69. The van der Waals surface area contributed by atoms with Crippen LogP contribution >= 0.6 is 0 Å². The van der Waals surface area contributed by atoms with Gasteiger partial charge in [0.05, 0.1) is 11.1 Å². The second kappa shape index (κ2) is 1.88. The molecule has 2 heteroatoms. The summed E-state index contributed by atoms with van der Waals surface area (Å²) in [6.45, 7) is 0. The first kappa shape index (κ1) is 7.34. The molecular weight excluding hydrogens is 150 g/mol. The van der Waals surface area contributed by atoms with E-state index in [1.165, 1.54) is 19.3 Å². The predicted molar refractivity (Wildman–Crippen MR) is 45.3 cm³/mol. The minimum atomic E-state index is -0.300. The average molecular weight is 168 g/mol. The third-order valence-electron chi connectivity index (χ3n) is 4.15. The van der Waals surface area contributed by atoms with Crippen LogP contribution in [0, 0.1) is 11.8 Å². The molecule has 2 unspecified atom stereocenters. The first-order chi connectivity index (χ1) is 5.57. The SMILES string of the molecule is [NH3+]C12C[C@H]3C[C@@H](C1)CC(O)(C3)C2. The van der Waals surface area contributed by atoms with Gasteiger partial charge >= 0.3 is 0 Å². The Labute approximate surface area is 73.1 Å². The maximum Gasteiger partial charge on any atom is 0.0979 e. The molecule has 4 N–H and O–H groups in total. The van der Waals surface area contributed by atoms with Gasteiger partial charge in [-0.15, -0.1) is 0 Å². The molecular formula is C10H18NO+. The highest BCUT2D eigenvalue weighted by molar-refractivity contribution is 5.08. The van der Waals surface area contributed by atoms with Crippen molar-refractivity contribution in [2.75, 3.05) is 0 Å². The molecule has 0 spiro atoms. The molecule has 0 amide bonds. The Morgan fingerprint density at radius 1 is 1.08 bits per heavy atom. The van der Waals surface area contributed by atoms with E-state index < -0.39 is 0 Å². The van der Waals surface area contributed by atoms with Crippen LogP contribution in [0.1, 0.15) is 38.5 Å². The van der Waals surface area contributed by atoms with Gasteiger partial charge in [-0.25, -0.2) is 0 Å². The van der Waals surface area contributed by atoms with Crippen LogP contribution in [0.2, 0.25) is 0 Å². The minimum Gasteiger partial charge on any atom is -0.390 e. The lowest BCUT2D eigenvalue weighted by molar-refractivity contribution is -0.511. The third kappa shape index (κ3) is 0.882. The Kier molecular flexibility index (Phi) is 1.15. The Balaban J connectivity index is 1.98. The summed E-state index contributed by atoms with van der Waals surface area (Å²) >= 11 is 0. The monoisotopic (exact) mass is 168 g/mol. The van der Waals surface area contributed by atoms with Crippen molar-refractivity contribution in [2.24, 2.45) is 11.8 Å². The van der Waals surface area contributed by atoms with Crippen molar-refractivity contribution in [3.05, 3.63) is 0 Å². The number of quaternary nitrogens is 1. The van der Waals surface area contributed by atoms with Crippen molar-refractivity contribution in [2.45, 2.75) is 49.7 Å². The molecule has 0 aromatic heterocycles. The summed E-state index contributed by atoms with van der Waals surface area (Å²) in [6.07, 6.45) is 7.06. The molecule has 4 atom stereocenters. The van der Waals surface area contributed by atoms with E-state index in [2.05, 4.69) is 5.73 Å². The van der Waals surface area contributed by atoms with E-state index in [0.29, 0.717) is 0 Å². The molecule has 0 aromatic rings. The van der Waals surface area contributed by atoms with E-state index in [0.717, 1.165) is 31.1 Å². The van der Waals surface area contributed by atoms with Crippen LogP contribution in [0.4, 0.5) is 0 Å². The van der Waals surface area contributed by atoms with Gasteiger partial charge in [-0.05, 0) is 31.1 Å². The van der Waals surface area contributed by atoms with Crippen molar-refractivity contribution < 1.29 is 10.8 Å². The maximum absolute atomic E-state index is 10.2. The molecule has 2 nitrogen and oxygen atoms in total. The molecule has 0 heterocycles. The van der Waals surface area contributed by atoms with Crippen LogP contribution < -0.4 is 5.73 Å². The van der Waals surface area contributed by atoms with E-state index >= 15 is 0 Å². The summed E-state index contributed by atoms with van der Waals surface area (Å²) in [6, 6.07) is 0. The highest BCUT2D eigenvalue weighted by Crippen LogP contribution is 2.55. The second-order valence-electron chi connectivity index (χ2n) is 5.69. The summed E-state index contributed by atoms with van der Waals surface area (Å²) in [5, 5.41) is 10.2. The van der Waals surface area contributed by atoms with Gasteiger partial charge in [0, 0.05) is 19.3 Å². The van der Waals surface area contributed by atoms with Gasteiger partial charge in [-0.1, -0.05) is 0 Å². The molecule has 4 aliphatic rings. The zero-order chi connectivity index (χ0) is 8.40. The smallest absolute Gasteiger partial charge is 0.0979 e. The first-order valence-electron chi connectivity index (χ1n) is 5.15. The predicted octanol–water partition coefficient (Wildman–Crippen LogP) is 0.312. The van der Waals surface area contributed by atoms with Crippen molar-refractivity contribution in [3.63, 3.8) is 0 Å². The lowest BCUT2D eigenvalue weighted by Crippen LogP contribution is -2.80. The van der Waals surface area contributed by atoms with Crippen molar-refractivity contribution in [3.8, 4) is 0 Å². The van der Waals surface area contributed by atoms with E-state index in [1.54, 1.807) is 0 Å². The molecule has 0 aromatic carbocycles. The number of hydrogen-bond acceptors (Lipinski definition) is 1. The lowest BCUT2D eigenvalue weighted by Gasteiger charge is -2.56. The van der Waals surface area contributed by atoms with Gasteiger partial charge < -0.3 is 10.8 Å². The topological polar surface area (TPSA) is 47.9 Å². The Morgan fingerprint density at radius 2 is 1.67 bits per heavy atom. The van der Waals surface area contributed by atoms with Crippen molar-refractivity contribution >= 4 is 0 Å². The summed E-state index contributed by atoms with van der Waals surface area (Å²) in [5.74, 6) is 1.60. The highest BCUT2D eigenvalue weighted by Gasteiger charge is 2.57. The zero-order valence-corrected chi connectivity index (χ0v) is 7.55. The maximum atomic E-state index is 10.2. The minimum absolute atomic E-state index is 0.263. The van der Waals surface area contributed by atoms with Crippen LogP contribution in [0.25, 0.3) is 0 Å². The molecule has 4 fully saturated rings. The van der Waals surface area contributed by atoms with E-state index in [4.69, 9.17) is 0 Å². The van der Waals surface area contributed by atoms with E-state index in [1.807, 2.05) is 0 Å². The van der Waals surface area contributed by atoms with Gasteiger partial charge in [0.25, 0.3) is 0 Å². The quantitative estimate of drug-likeness (QED) is 0.537. The normalized spacial score (nSPS) is 62.5. The lowest BCUT2D eigenvalue weighted by atomic mass is 9.51. The molecule has 68 valence electrons. The zero-order valence-electron chi connectivity index (χ0n) is 7.55. The molecule has 0 radical (unpaired) electrons. The van der Waals surface area contributed by atoms with Gasteiger partial charge in [0.1, 0.15) is 0 Å². The number of rotatable bonds is 0. The average Bonchev–Trinajstić information content (AvgIpc) is 1.75. The first-order valence-corrected chi connectivity index (χ1v) is 5.15. The van der Waals surface area contributed by atoms with Crippen LogP contribution in [-0.2, 0) is 0 Å². The van der Waals surface area contributed by atoms with E-state index in [9.17, 15) is 5.11 Å². The number of hydrogen-bond donors (Lipinski definition) is 2. The Morgan fingerprint density at radius 3 is 2.08 bits per heavy atom. The van der Waals surface area contributed by atoms with Crippen molar-refractivity contribution in [1.29, 1.82) is 0 Å². The van der Waals surface area contributed by atoms with Gasteiger partial charge in [-0.2, -0.15) is 0 Å². The van der Waals surface area contributed by atoms with Gasteiger partial charge in [-0.3, -0.25) is 0 Å². The fourth-order valence-electron chi connectivity index (χ4n) is 4.40. The molecule has 4 aliphatic carbocycles. The van der Waals surface area contributed by atoms with Crippen LogP contribution in [0.3, 0.4) is 0 Å². The third-order valence-corrected chi connectivity index (χ3v) is 4.15. The molecule has 0 saturated heterocycles. The highest BCUT2D eigenvalue weighted by atomic mass is 16.3. The molecule has 4 saturated carbocycles. The van der Waals surface area contributed by atoms with Gasteiger partial charge in [0.2, 0.25) is 0 Å². The summed E-state index contributed by atoms with van der Waals surface area (Å²) in [5.41, 5.74) is 4.28. The van der Waals surface area contributed by atoms with E-state index in [-0.39, 0.29) is 11.1 Å². The summed E-state index contributed by atoms with van der Waals surface area (Å²) < 4.78 is 0. The molecule has 0 aliphatic heterocycles. The molecule has 12 heavy (non-hydrogen) atoms.